The van der Waals surface area contributed by atoms with Crippen LogP contribution in [-0.4, -0.2) is 46.7 Å². The summed E-state index contributed by atoms with van der Waals surface area (Å²) >= 11 is 19.1. The van der Waals surface area contributed by atoms with Crippen LogP contribution in [0, 0.1) is 0 Å². The molecule has 4 rings (SSSR count). The maximum absolute atomic E-state index is 13.6. The largest absolute Gasteiger partial charge is 0.378 e. The van der Waals surface area contributed by atoms with E-state index in [0.717, 1.165) is 23.3 Å². The minimum Gasteiger partial charge on any atom is -0.378 e. The third kappa shape index (κ3) is 4.70. The molecule has 0 aliphatic carbocycles. The summed E-state index contributed by atoms with van der Waals surface area (Å²) < 4.78 is 7.47. The van der Waals surface area contributed by atoms with Crippen LogP contribution in [-0.2, 0) is 16.0 Å². The number of morpholine rings is 1. The summed E-state index contributed by atoms with van der Waals surface area (Å²) in [5, 5.41) is 1.55. The van der Waals surface area contributed by atoms with Crippen LogP contribution < -0.4 is 0 Å². The normalized spacial score (nSPS) is 15.4. The molecule has 1 atom stereocenters. The molecule has 0 bridgehead atoms. The van der Waals surface area contributed by atoms with Gasteiger partial charge >= 0.3 is 0 Å². The van der Waals surface area contributed by atoms with Gasteiger partial charge in [-0.1, -0.05) is 66.3 Å². The summed E-state index contributed by atoms with van der Waals surface area (Å²) in [5.41, 5.74) is 2.47. The van der Waals surface area contributed by atoms with Crippen molar-refractivity contribution in [2.24, 2.45) is 0 Å². The summed E-state index contributed by atoms with van der Waals surface area (Å²) in [4.78, 5) is 20.3. The number of halogens is 3. The van der Waals surface area contributed by atoms with Gasteiger partial charge in [-0.3, -0.25) is 4.79 Å². The van der Waals surface area contributed by atoms with Crippen LogP contribution in [0.2, 0.25) is 15.1 Å². The van der Waals surface area contributed by atoms with E-state index in [2.05, 4.69) is 6.92 Å². The molecule has 0 saturated carbocycles. The minimum absolute atomic E-state index is 0.0796. The fraction of sp³-hybridized carbons (Fsp3) is 0.391. The van der Waals surface area contributed by atoms with Gasteiger partial charge in [-0.25, -0.2) is 4.98 Å². The number of rotatable bonds is 6. The maximum atomic E-state index is 13.6. The van der Waals surface area contributed by atoms with Crippen LogP contribution in [0.5, 0.6) is 0 Å². The number of hydrogen-bond donors (Lipinski definition) is 0. The van der Waals surface area contributed by atoms with E-state index in [0.29, 0.717) is 59.7 Å². The number of fused-ring (bicyclic) bond motifs is 1. The number of ether oxygens (including phenoxy) is 1. The van der Waals surface area contributed by atoms with Crippen LogP contribution in [0.4, 0.5) is 0 Å². The second-order valence-corrected chi connectivity index (χ2v) is 8.88. The lowest BCUT2D eigenvalue weighted by atomic mass is 10.1. The number of imidazole rings is 1. The van der Waals surface area contributed by atoms with E-state index < -0.39 is 0 Å². The summed E-state index contributed by atoms with van der Waals surface area (Å²) in [6.07, 6.45) is 2.05. The van der Waals surface area contributed by atoms with E-state index in [4.69, 9.17) is 44.5 Å². The maximum Gasteiger partial charge on any atom is 0.245 e. The van der Waals surface area contributed by atoms with Crippen molar-refractivity contribution in [1.29, 1.82) is 0 Å². The number of hydrogen-bond acceptors (Lipinski definition) is 3. The van der Waals surface area contributed by atoms with Gasteiger partial charge in [-0.15, -0.1) is 0 Å². The van der Waals surface area contributed by atoms with E-state index >= 15 is 0 Å². The first-order chi connectivity index (χ1) is 15.0. The molecular formula is C23H24Cl3N3O2. The summed E-state index contributed by atoms with van der Waals surface area (Å²) in [6, 6.07) is 10.9. The van der Waals surface area contributed by atoms with Crippen molar-refractivity contribution in [1.82, 2.24) is 14.5 Å². The first-order valence-electron chi connectivity index (χ1n) is 10.5. The van der Waals surface area contributed by atoms with E-state index in [1.54, 1.807) is 12.1 Å². The van der Waals surface area contributed by atoms with Crippen molar-refractivity contribution in [3.05, 3.63) is 62.9 Å². The van der Waals surface area contributed by atoms with Crippen LogP contribution in [0.25, 0.3) is 11.0 Å². The van der Waals surface area contributed by atoms with Crippen molar-refractivity contribution >= 4 is 51.7 Å². The Balaban J connectivity index is 1.84. The molecule has 31 heavy (non-hydrogen) atoms. The molecule has 1 amide bonds. The Morgan fingerprint density at radius 3 is 2.52 bits per heavy atom. The van der Waals surface area contributed by atoms with E-state index in [-0.39, 0.29) is 11.9 Å². The van der Waals surface area contributed by atoms with Gasteiger partial charge in [-0.05, 0) is 30.2 Å². The highest BCUT2D eigenvalue weighted by Gasteiger charge is 2.30. The second-order valence-electron chi connectivity index (χ2n) is 7.66. The highest BCUT2D eigenvalue weighted by molar-refractivity contribution is 6.42. The number of nitrogens with zero attached hydrogens (tertiary/aromatic N) is 3. The topological polar surface area (TPSA) is 47.4 Å². The zero-order valence-electron chi connectivity index (χ0n) is 17.3. The number of aromatic nitrogens is 2. The number of amides is 1. The Kier molecular flexibility index (Phi) is 7.07. The van der Waals surface area contributed by atoms with Gasteiger partial charge in [0.2, 0.25) is 5.91 Å². The molecule has 3 aromatic rings. The van der Waals surface area contributed by atoms with Gasteiger partial charge in [0, 0.05) is 24.5 Å². The van der Waals surface area contributed by atoms with Crippen molar-refractivity contribution in [3.8, 4) is 0 Å². The molecule has 1 aliphatic rings. The van der Waals surface area contributed by atoms with Gasteiger partial charge in [-0.2, -0.15) is 0 Å². The first-order valence-corrected chi connectivity index (χ1v) is 11.6. The van der Waals surface area contributed by atoms with Crippen LogP contribution in [0.15, 0.2) is 36.4 Å². The molecule has 0 radical (unpaired) electrons. The van der Waals surface area contributed by atoms with Gasteiger partial charge in [0.15, 0.2) is 0 Å². The lowest BCUT2D eigenvalue weighted by Gasteiger charge is -2.31. The number of benzene rings is 2. The summed E-state index contributed by atoms with van der Waals surface area (Å²) in [5.74, 6) is 0.845. The lowest BCUT2D eigenvalue weighted by Crippen LogP contribution is -2.44. The molecular weight excluding hydrogens is 457 g/mol. The summed E-state index contributed by atoms with van der Waals surface area (Å²) in [7, 11) is 0. The number of carbonyl (C=O) groups is 1. The average Bonchev–Trinajstić information content (AvgIpc) is 3.10. The Morgan fingerprint density at radius 1 is 1.10 bits per heavy atom. The molecule has 0 spiro atoms. The van der Waals surface area contributed by atoms with Gasteiger partial charge in [0.25, 0.3) is 0 Å². The Hall–Kier alpha value is -1.79. The highest BCUT2D eigenvalue weighted by Crippen LogP contribution is 2.33. The van der Waals surface area contributed by atoms with Crippen LogP contribution in [0.3, 0.4) is 0 Å². The molecule has 0 N–H and O–H groups in total. The van der Waals surface area contributed by atoms with Gasteiger partial charge in [0.1, 0.15) is 11.9 Å². The monoisotopic (exact) mass is 479 g/mol. The second kappa shape index (κ2) is 9.78. The predicted molar refractivity (Wildman–Crippen MR) is 125 cm³/mol. The Labute approximate surface area is 196 Å². The molecule has 8 heteroatoms. The molecule has 1 aliphatic heterocycles. The number of carbonyl (C=O) groups excluding carboxylic acids is 1. The fourth-order valence-corrected chi connectivity index (χ4v) is 4.57. The molecule has 1 aromatic heterocycles. The Morgan fingerprint density at radius 2 is 1.81 bits per heavy atom. The fourth-order valence-electron chi connectivity index (χ4n) is 4.06. The molecule has 164 valence electrons. The molecule has 5 nitrogen and oxygen atoms in total. The smallest absolute Gasteiger partial charge is 0.245 e. The van der Waals surface area contributed by atoms with E-state index in [1.807, 2.05) is 33.7 Å². The molecule has 1 fully saturated rings. The lowest BCUT2D eigenvalue weighted by molar-refractivity contribution is -0.139. The molecule has 1 unspecified atom stereocenters. The minimum atomic E-state index is -0.386. The molecule has 2 aromatic carbocycles. The van der Waals surface area contributed by atoms with Crippen molar-refractivity contribution in [3.63, 3.8) is 0 Å². The van der Waals surface area contributed by atoms with E-state index in [9.17, 15) is 4.79 Å². The average molecular weight is 481 g/mol. The quantitative estimate of drug-likeness (QED) is 0.449. The third-order valence-corrected chi connectivity index (χ3v) is 6.68. The SMILES string of the molecule is CCCC(C(=O)N1CCOCC1)n1c(Cc2ccccc2Cl)nc2cc(Cl)c(Cl)cc21. The highest BCUT2D eigenvalue weighted by atomic mass is 35.5. The Bertz CT molecular complexity index is 1090. The van der Waals surface area contributed by atoms with Crippen LogP contribution >= 0.6 is 34.8 Å². The van der Waals surface area contributed by atoms with E-state index in [1.165, 1.54) is 0 Å². The van der Waals surface area contributed by atoms with Crippen molar-refractivity contribution in [2.45, 2.75) is 32.2 Å². The standard InChI is InChI=1S/C23H24Cl3N3O2/c1-2-5-20(23(30)28-8-10-31-11-9-28)29-21-14-18(26)17(25)13-19(21)27-22(29)12-15-6-3-4-7-16(15)24/h3-4,6-7,13-14,20H,2,5,8-12H2,1H3. The van der Waals surface area contributed by atoms with Crippen LogP contribution in [0.1, 0.15) is 37.2 Å². The first kappa shape index (κ1) is 22.4. The van der Waals surface area contributed by atoms with Crippen molar-refractivity contribution in [2.75, 3.05) is 26.3 Å². The van der Waals surface area contributed by atoms with Crippen molar-refractivity contribution < 1.29 is 9.53 Å². The van der Waals surface area contributed by atoms with Gasteiger partial charge < -0.3 is 14.2 Å². The molecule has 1 saturated heterocycles. The molecule has 2 heterocycles. The summed E-state index contributed by atoms with van der Waals surface area (Å²) in [6.45, 7) is 4.39. The third-order valence-electron chi connectivity index (χ3n) is 5.59. The predicted octanol–water partition coefficient (Wildman–Crippen LogP) is 5.79. The zero-order valence-corrected chi connectivity index (χ0v) is 19.6. The zero-order chi connectivity index (χ0) is 22.0. The van der Waals surface area contributed by atoms with Gasteiger partial charge in [0.05, 0.1) is 34.3 Å².